The van der Waals surface area contributed by atoms with E-state index in [-0.39, 0.29) is 16.6 Å². The molecule has 19 heavy (non-hydrogen) atoms. The molecule has 1 heterocycles. The van der Waals surface area contributed by atoms with Gasteiger partial charge in [-0.25, -0.2) is 13.1 Å². The number of nitrogens with one attached hydrogen (secondary N) is 1. The third-order valence-corrected chi connectivity index (χ3v) is 4.77. The van der Waals surface area contributed by atoms with Crippen molar-refractivity contribution < 1.29 is 8.42 Å². The van der Waals surface area contributed by atoms with E-state index in [9.17, 15) is 8.42 Å². The first-order valence-electron chi connectivity index (χ1n) is 6.44. The zero-order valence-electron chi connectivity index (χ0n) is 12.2. The Labute approximate surface area is 115 Å². The topological polar surface area (TPSA) is 90.0 Å². The van der Waals surface area contributed by atoms with E-state index < -0.39 is 10.0 Å². The van der Waals surface area contributed by atoms with Gasteiger partial charge in [-0.05, 0) is 17.8 Å². The predicted octanol–water partition coefficient (Wildman–Crippen LogP) is 1.21. The van der Waals surface area contributed by atoms with Crippen LogP contribution in [0.2, 0.25) is 0 Å². The lowest BCUT2D eigenvalue weighted by Crippen LogP contribution is -2.34. The molecule has 1 rings (SSSR count). The molecule has 0 aliphatic rings. The van der Waals surface area contributed by atoms with Gasteiger partial charge in [0.2, 0.25) is 10.0 Å². The van der Waals surface area contributed by atoms with Crippen molar-refractivity contribution in [2.45, 2.75) is 32.6 Å². The van der Waals surface area contributed by atoms with Crippen molar-refractivity contribution in [1.82, 2.24) is 14.5 Å². The summed E-state index contributed by atoms with van der Waals surface area (Å²) < 4.78 is 28.4. The Bertz CT molecular complexity index is 512. The molecule has 0 saturated heterocycles. The summed E-state index contributed by atoms with van der Waals surface area (Å²) in [6.07, 6.45) is 1.41. The van der Waals surface area contributed by atoms with E-state index >= 15 is 0 Å². The van der Waals surface area contributed by atoms with Gasteiger partial charge in [-0.2, -0.15) is 5.10 Å². The first-order valence-corrected chi connectivity index (χ1v) is 7.92. The van der Waals surface area contributed by atoms with Gasteiger partial charge in [-0.15, -0.1) is 0 Å². The molecule has 0 fully saturated rings. The van der Waals surface area contributed by atoms with E-state index in [0.717, 1.165) is 0 Å². The number of hydrogen-bond donors (Lipinski definition) is 2. The van der Waals surface area contributed by atoms with Crippen LogP contribution in [-0.4, -0.2) is 24.7 Å². The summed E-state index contributed by atoms with van der Waals surface area (Å²) in [5.41, 5.74) is 5.60. The van der Waals surface area contributed by atoms with Crippen LogP contribution in [-0.2, 0) is 17.1 Å². The van der Waals surface area contributed by atoms with Gasteiger partial charge in [-0.1, -0.05) is 27.7 Å². The second-order valence-electron chi connectivity index (χ2n) is 5.56. The molecular formula is C12H24N4O2S. The maximum atomic E-state index is 12.2. The lowest BCUT2D eigenvalue weighted by Gasteiger charge is -2.24. The van der Waals surface area contributed by atoms with Crippen LogP contribution in [0.15, 0.2) is 11.1 Å². The van der Waals surface area contributed by atoms with Gasteiger partial charge >= 0.3 is 0 Å². The molecule has 1 aromatic rings. The summed E-state index contributed by atoms with van der Waals surface area (Å²) in [4.78, 5) is 0.0428. The van der Waals surface area contributed by atoms with Gasteiger partial charge in [0.25, 0.3) is 0 Å². The van der Waals surface area contributed by atoms with Gasteiger partial charge in [0.05, 0.1) is 0 Å². The summed E-state index contributed by atoms with van der Waals surface area (Å²) in [6.45, 7) is 8.79. The molecule has 0 aliphatic carbocycles. The zero-order chi connectivity index (χ0) is 14.8. The molecule has 0 unspecified atom stereocenters. The van der Waals surface area contributed by atoms with Crippen LogP contribution >= 0.6 is 0 Å². The Morgan fingerprint density at radius 3 is 2.21 bits per heavy atom. The Kier molecular flexibility index (Phi) is 4.98. The van der Waals surface area contributed by atoms with E-state index in [1.807, 2.05) is 0 Å². The molecule has 0 aromatic carbocycles. The van der Waals surface area contributed by atoms with E-state index in [4.69, 9.17) is 5.73 Å². The highest BCUT2D eigenvalue weighted by Gasteiger charge is 2.24. The summed E-state index contributed by atoms with van der Waals surface area (Å²) in [5, 5.41) is 3.85. The van der Waals surface area contributed by atoms with Gasteiger partial charge in [0.15, 0.2) is 5.82 Å². The monoisotopic (exact) mass is 288 g/mol. The molecule has 0 spiro atoms. The molecule has 1 aromatic heterocycles. The first kappa shape index (κ1) is 16.0. The van der Waals surface area contributed by atoms with Gasteiger partial charge in [0, 0.05) is 19.8 Å². The number of nitrogen functional groups attached to an aromatic ring is 1. The van der Waals surface area contributed by atoms with Crippen LogP contribution in [0.4, 0.5) is 5.82 Å². The fraction of sp³-hybridized carbons (Fsp3) is 0.750. The predicted molar refractivity (Wildman–Crippen MR) is 76.0 cm³/mol. The van der Waals surface area contributed by atoms with Crippen LogP contribution in [0, 0.1) is 17.8 Å². The fourth-order valence-electron chi connectivity index (χ4n) is 2.22. The number of nitrogens with zero attached hydrogens (tertiary/aromatic N) is 2. The summed E-state index contributed by atoms with van der Waals surface area (Å²) in [7, 11) is -1.95. The van der Waals surface area contributed by atoms with Crippen LogP contribution in [0.25, 0.3) is 0 Å². The smallest absolute Gasteiger partial charge is 0.245 e. The highest BCUT2D eigenvalue weighted by atomic mass is 32.2. The van der Waals surface area contributed by atoms with Crippen molar-refractivity contribution in [3.8, 4) is 0 Å². The van der Waals surface area contributed by atoms with Crippen molar-refractivity contribution in [2.75, 3.05) is 12.3 Å². The highest BCUT2D eigenvalue weighted by Crippen LogP contribution is 2.21. The number of anilines is 1. The van der Waals surface area contributed by atoms with Gasteiger partial charge in [-0.3, -0.25) is 4.68 Å². The molecule has 7 heteroatoms. The lowest BCUT2D eigenvalue weighted by atomic mass is 9.86. The molecule has 0 bridgehead atoms. The lowest BCUT2D eigenvalue weighted by molar-refractivity contribution is 0.289. The Morgan fingerprint density at radius 2 is 1.84 bits per heavy atom. The van der Waals surface area contributed by atoms with E-state index in [1.54, 1.807) is 7.05 Å². The molecule has 0 aliphatic heterocycles. The third-order valence-electron chi connectivity index (χ3n) is 3.33. The minimum absolute atomic E-state index is 0.0284. The number of aromatic nitrogens is 2. The minimum atomic E-state index is -3.59. The molecule has 0 atom stereocenters. The molecule has 0 radical (unpaired) electrons. The third kappa shape index (κ3) is 3.94. The average Bonchev–Trinajstić information content (AvgIpc) is 2.57. The summed E-state index contributed by atoms with van der Waals surface area (Å²) >= 11 is 0. The molecular weight excluding hydrogens is 264 g/mol. The number of aryl methyl sites for hydroxylation is 1. The fourth-order valence-corrected chi connectivity index (χ4v) is 3.39. The first-order chi connectivity index (χ1) is 8.65. The van der Waals surface area contributed by atoms with E-state index in [2.05, 4.69) is 37.5 Å². The number of rotatable bonds is 6. The Balaban J connectivity index is 2.84. The van der Waals surface area contributed by atoms with Crippen molar-refractivity contribution in [2.24, 2.45) is 24.8 Å². The largest absolute Gasteiger partial charge is 0.381 e. The molecule has 6 nitrogen and oxygen atoms in total. The minimum Gasteiger partial charge on any atom is -0.381 e. The molecule has 0 saturated carbocycles. The summed E-state index contributed by atoms with van der Waals surface area (Å²) in [6, 6.07) is 0. The van der Waals surface area contributed by atoms with Crippen LogP contribution in [0.3, 0.4) is 0 Å². The van der Waals surface area contributed by atoms with Crippen molar-refractivity contribution in [3.05, 3.63) is 6.20 Å². The maximum Gasteiger partial charge on any atom is 0.245 e. The van der Waals surface area contributed by atoms with E-state index in [1.165, 1.54) is 10.9 Å². The normalized spacial score (nSPS) is 12.8. The number of hydrogen-bond acceptors (Lipinski definition) is 4. The van der Waals surface area contributed by atoms with Crippen LogP contribution in [0.5, 0.6) is 0 Å². The Hall–Kier alpha value is -1.08. The quantitative estimate of drug-likeness (QED) is 0.823. The maximum absolute atomic E-state index is 12.2. The second-order valence-corrected chi connectivity index (χ2v) is 7.29. The van der Waals surface area contributed by atoms with E-state index in [0.29, 0.717) is 18.4 Å². The average molecular weight is 288 g/mol. The molecule has 3 N–H and O–H groups in total. The van der Waals surface area contributed by atoms with Crippen molar-refractivity contribution >= 4 is 15.8 Å². The molecule has 110 valence electrons. The number of sulfonamides is 1. The zero-order valence-corrected chi connectivity index (χ0v) is 13.0. The standard InChI is InChI=1S/C12H24N4O2S/c1-8(2)10(9(3)4)6-14-19(17,18)11-7-16(5)15-12(11)13/h7-10,14H,6H2,1-5H3,(H2,13,15). The summed E-state index contributed by atoms with van der Waals surface area (Å²) in [5.74, 6) is 1.14. The van der Waals surface area contributed by atoms with Crippen LogP contribution in [0.1, 0.15) is 27.7 Å². The molecule has 0 amide bonds. The SMILES string of the molecule is CC(C)C(CNS(=O)(=O)c1cn(C)nc1N)C(C)C. The van der Waals surface area contributed by atoms with Crippen LogP contribution < -0.4 is 10.5 Å². The number of nitrogens with two attached hydrogens (primary N) is 1. The van der Waals surface area contributed by atoms with Crippen molar-refractivity contribution in [1.29, 1.82) is 0 Å². The van der Waals surface area contributed by atoms with Crippen molar-refractivity contribution in [3.63, 3.8) is 0 Å². The highest BCUT2D eigenvalue weighted by molar-refractivity contribution is 7.89. The van der Waals surface area contributed by atoms with Gasteiger partial charge < -0.3 is 5.73 Å². The second kappa shape index (κ2) is 5.92. The van der Waals surface area contributed by atoms with Gasteiger partial charge in [0.1, 0.15) is 4.90 Å². The Morgan fingerprint density at radius 1 is 1.32 bits per heavy atom.